The molecule has 2 rings (SSSR count). The van der Waals surface area contributed by atoms with Gasteiger partial charge in [0, 0.05) is 12.2 Å². The van der Waals surface area contributed by atoms with Crippen molar-refractivity contribution in [2.24, 2.45) is 0 Å². The number of aromatic nitrogens is 5. The Bertz CT molecular complexity index is 471. The maximum Gasteiger partial charge on any atom is 0.191 e. The Balaban J connectivity index is 2.04. The molecule has 6 nitrogen and oxygen atoms in total. The maximum atomic E-state index is 13.0. The second kappa shape index (κ2) is 4.96. The predicted octanol–water partition coefficient (Wildman–Crippen LogP) is 1.15. The normalized spacial score (nSPS) is 14.5. The van der Waals surface area contributed by atoms with Gasteiger partial charge in [0.1, 0.15) is 5.82 Å². The lowest BCUT2D eigenvalue weighted by Crippen LogP contribution is -2.23. The van der Waals surface area contributed by atoms with Gasteiger partial charge >= 0.3 is 0 Å². The molecule has 2 N–H and O–H groups in total. The van der Waals surface area contributed by atoms with Gasteiger partial charge in [0.15, 0.2) is 5.82 Å². The van der Waals surface area contributed by atoms with Crippen LogP contribution in [0.2, 0.25) is 0 Å². The summed E-state index contributed by atoms with van der Waals surface area (Å²) in [5, 5.41) is 16.9. The maximum absolute atomic E-state index is 13.0. The van der Waals surface area contributed by atoms with E-state index in [0.717, 1.165) is 5.56 Å². The first-order chi connectivity index (χ1) is 8.16. The van der Waals surface area contributed by atoms with Gasteiger partial charge in [-0.25, -0.2) is 4.39 Å². The van der Waals surface area contributed by atoms with Crippen molar-refractivity contribution in [3.8, 4) is 0 Å². The van der Waals surface area contributed by atoms with Gasteiger partial charge < -0.3 is 5.32 Å². The number of nitrogens with zero attached hydrogens (tertiary/aromatic N) is 4. The summed E-state index contributed by atoms with van der Waals surface area (Å²) in [4.78, 5) is 3.81. The third-order valence-electron chi connectivity index (χ3n) is 2.48. The molecule has 7 heteroatoms. The van der Waals surface area contributed by atoms with Gasteiger partial charge in [-0.15, -0.1) is 10.2 Å². The van der Waals surface area contributed by atoms with E-state index in [4.69, 9.17) is 0 Å². The molecule has 2 heterocycles. The molecule has 0 aliphatic carbocycles. The van der Waals surface area contributed by atoms with Crippen molar-refractivity contribution in [2.45, 2.75) is 25.9 Å². The fourth-order valence-electron chi connectivity index (χ4n) is 1.56. The molecule has 0 radical (unpaired) electrons. The molecule has 0 aliphatic heterocycles. The molecule has 0 saturated carbocycles. The molecule has 0 fully saturated rings. The van der Waals surface area contributed by atoms with E-state index >= 15 is 0 Å². The summed E-state index contributed by atoms with van der Waals surface area (Å²) < 4.78 is 13.0. The molecule has 0 saturated heterocycles. The van der Waals surface area contributed by atoms with E-state index in [1.807, 2.05) is 13.8 Å². The van der Waals surface area contributed by atoms with Crippen LogP contribution in [0.4, 0.5) is 4.39 Å². The first kappa shape index (κ1) is 11.6. The third-order valence-corrected chi connectivity index (χ3v) is 2.48. The molecule has 2 aromatic rings. The molecule has 2 aromatic heterocycles. The van der Waals surface area contributed by atoms with Crippen LogP contribution in [-0.4, -0.2) is 25.6 Å². The van der Waals surface area contributed by atoms with Crippen molar-refractivity contribution in [3.05, 3.63) is 35.7 Å². The van der Waals surface area contributed by atoms with Gasteiger partial charge in [-0.2, -0.15) is 5.21 Å². The zero-order valence-corrected chi connectivity index (χ0v) is 9.55. The number of hydrogen-bond donors (Lipinski definition) is 2. The van der Waals surface area contributed by atoms with Gasteiger partial charge in [0.05, 0.1) is 12.2 Å². The molecular formula is C10H13FN6. The Morgan fingerprint density at radius 3 is 2.76 bits per heavy atom. The summed E-state index contributed by atoms with van der Waals surface area (Å²) in [6.45, 7) is 3.83. The van der Waals surface area contributed by atoms with Crippen LogP contribution in [0.3, 0.4) is 0 Å². The van der Waals surface area contributed by atoms with E-state index < -0.39 is 0 Å². The number of pyridine rings is 1. The number of nitrogens with one attached hydrogen (secondary N) is 2. The van der Waals surface area contributed by atoms with Gasteiger partial charge in [-0.3, -0.25) is 4.98 Å². The van der Waals surface area contributed by atoms with Crippen LogP contribution in [-0.2, 0) is 0 Å². The molecule has 0 aromatic carbocycles. The zero-order valence-electron chi connectivity index (χ0n) is 9.55. The highest BCUT2D eigenvalue weighted by Crippen LogP contribution is 2.16. The van der Waals surface area contributed by atoms with E-state index in [1.54, 1.807) is 6.20 Å². The Labute approximate surface area is 97.7 Å². The van der Waals surface area contributed by atoms with Gasteiger partial charge in [0.25, 0.3) is 0 Å². The average molecular weight is 236 g/mol. The lowest BCUT2D eigenvalue weighted by molar-refractivity contribution is 0.473. The summed E-state index contributed by atoms with van der Waals surface area (Å²) in [6.07, 6.45) is 2.81. The average Bonchev–Trinajstić information content (AvgIpc) is 2.82. The highest BCUT2D eigenvalue weighted by Gasteiger charge is 2.14. The van der Waals surface area contributed by atoms with E-state index in [0.29, 0.717) is 5.82 Å². The molecule has 0 amide bonds. The first-order valence-corrected chi connectivity index (χ1v) is 5.26. The Hall–Kier alpha value is -1.89. The minimum Gasteiger partial charge on any atom is -0.301 e. The Kier molecular flexibility index (Phi) is 3.38. The molecule has 2 unspecified atom stereocenters. The van der Waals surface area contributed by atoms with Crippen LogP contribution >= 0.6 is 0 Å². The highest BCUT2D eigenvalue weighted by molar-refractivity contribution is 5.14. The van der Waals surface area contributed by atoms with Crippen molar-refractivity contribution < 1.29 is 4.39 Å². The second-order valence-electron chi connectivity index (χ2n) is 3.82. The van der Waals surface area contributed by atoms with Crippen molar-refractivity contribution in [3.63, 3.8) is 0 Å². The lowest BCUT2D eigenvalue weighted by atomic mass is 10.1. The minimum atomic E-state index is -0.344. The van der Waals surface area contributed by atoms with E-state index in [-0.39, 0.29) is 17.9 Å². The highest BCUT2D eigenvalue weighted by atomic mass is 19.1. The summed E-state index contributed by atoms with van der Waals surface area (Å²) in [5.41, 5.74) is 0.778. The van der Waals surface area contributed by atoms with Gasteiger partial charge in [-0.05, 0) is 25.5 Å². The molecular weight excluding hydrogens is 223 g/mol. The smallest absolute Gasteiger partial charge is 0.191 e. The van der Waals surface area contributed by atoms with Crippen molar-refractivity contribution in [1.29, 1.82) is 0 Å². The largest absolute Gasteiger partial charge is 0.301 e. The van der Waals surface area contributed by atoms with Crippen LogP contribution in [0.15, 0.2) is 18.5 Å². The standard InChI is InChI=1S/C10H13FN6/c1-6(8-3-9(11)5-12-4-8)13-7(2)10-14-16-17-15-10/h3-7,13H,1-2H3,(H,14,15,16,17). The Morgan fingerprint density at radius 2 is 2.12 bits per heavy atom. The van der Waals surface area contributed by atoms with E-state index in [2.05, 4.69) is 30.9 Å². The molecule has 2 atom stereocenters. The number of aromatic amines is 1. The molecule has 90 valence electrons. The summed E-state index contributed by atoms with van der Waals surface area (Å²) in [5.74, 6) is 0.226. The Morgan fingerprint density at radius 1 is 1.29 bits per heavy atom. The van der Waals surface area contributed by atoms with Crippen molar-refractivity contribution >= 4 is 0 Å². The first-order valence-electron chi connectivity index (χ1n) is 5.26. The molecule has 0 aliphatic rings. The van der Waals surface area contributed by atoms with Crippen molar-refractivity contribution in [1.82, 2.24) is 30.9 Å². The monoisotopic (exact) mass is 236 g/mol. The topological polar surface area (TPSA) is 79.4 Å². The van der Waals surface area contributed by atoms with E-state index in [9.17, 15) is 4.39 Å². The number of H-pyrrole nitrogens is 1. The number of tetrazole rings is 1. The predicted molar refractivity (Wildman–Crippen MR) is 58.3 cm³/mol. The number of halogens is 1. The fraction of sp³-hybridized carbons (Fsp3) is 0.400. The van der Waals surface area contributed by atoms with Crippen LogP contribution in [0, 0.1) is 5.82 Å². The minimum absolute atomic E-state index is 0.0494. The van der Waals surface area contributed by atoms with Crippen molar-refractivity contribution in [2.75, 3.05) is 0 Å². The SMILES string of the molecule is CC(NC(C)c1nn[nH]n1)c1cncc(F)c1. The lowest BCUT2D eigenvalue weighted by Gasteiger charge is -2.17. The number of rotatable bonds is 4. The number of hydrogen-bond acceptors (Lipinski definition) is 5. The van der Waals surface area contributed by atoms with Crippen LogP contribution in [0.1, 0.15) is 37.3 Å². The van der Waals surface area contributed by atoms with Crippen LogP contribution in [0.5, 0.6) is 0 Å². The summed E-state index contributed by atoms with van der Waals surface area (Å²) in [7, 11) is 0. The molecule has 0 bridgehead atoms. The second-order valence-corrected chi connectivity index (χ2v) is 3.82. The fourth-order valence-corrected chi connectivity index (χ4v) is 1.56. The summed E-state index contributed by atoms with van der Waals surface area (Å²) >= 11 is 0. The third kappa shape index (κ3) is 2.82. The molecule has 0 spiro atoms. The molecule has 17 heavy (non-hydrogen) atoms. The van der Waals surface area contributed by atoms with Crippen LogP contribution < -0.4 is 5.32 Å². The zero-order chi connectivity index (χ0) is 12.3. The van der Waals surface area contributed by atoms with Gasteiger partial charge in [-0.1, -0.05) is 5.21 Å². The van der Waals surface area contributed by atoms with E-state index in [1.165, 1.54) is 12.3 Å². The quantitative estimate of drug-likeness (QED) is 0.832. The van der Waals surface area contributed by atoms with Crippen LogP contribution in [0.25, 0.3) is 0 Å². The summed E-state index contributed by atoms with van der Waals surface area (Å²) in [6, 6.07) is 1.33. The van der Waals surface area contributed by atoms with Gasteiger partial charge in [0.2, 0.25) is 0 Å².